The van der Waals surface area contributed by atoms with Crippen LogP contribution in [0.2, 0.25) is 0 Å². The van der Waals surface area contributed by atoms with Crippen molar-refractivity contribution >= 4 is 21.8 Å². The van der Waals surface area contributed by atoms with Crippen LogP contribution in [0.4, 0.5) is 0 Å². The highest BCUT2D eigenvalue weighted by Crippen LogP contribution is 2.20. The van der Waals surface area contributed by atoms with Crippen molar-refractivity contribution in [3.05, 3.63) is 0 Å². The molecule has 0 radical (unpaired) electrons. The fourth-order valence-corrected chi connectivity index (χ4v) is 2.78. The molecule has 0 heterocycles. The van der Waals surface area contributed by atoms with Crippen LogP contribution >= 0.6 is 15.9 Å². The van der Waals surface area contributed by atoms with Gasteiger partial charge in [-0.25, -0.2) is 0 Å². The molecule has 0 aromatic rings. The Bertz CT molecular complexity index is 248. The van der Waals surface area contributed by atoms with Crippen LogP contribution in [0.25, 0.3) is 0 Å². The lowest BCUT2D eigenvalue weighted by Gasteiger charge is -2.24. The predicted molar refractivity (Wildman–Crippen MR) is 85.7 cm³/mol. The molecule has 19 heavy (non-hydrogen) atoms. The van der Waals surface area contributed by atoms with Crippen molar-refractivity contribution in [3.8, 4) is 0 Å². The normalized spacial score (nSPS) is 21.2. The molecule has 0 saturated heterocycles. The number of hydrogen-bond acceptors (Lipinski definition) is 1. The number of hydrogen-bond donors (Lipinski definition) is 1. The van der Waals surface area contributed by atoms with Crippen molar-refractivity contribution in [1.29, 1.82) is 0 Å². The molecule has 0 aliphatic heterocycles. The van der Waals surface area contributed by atoms with Crippen LogP contribution in [0.5, 0.6) is 0 Å². The van der Waals surface area contributed by atoms with Gasteiger partial charge in [0.1, 0.15) is 0 Å². The highest BCUT2D eigenvalue weighted by Gasteiger charge is 2.25. The molecule has 0 atom stereocenters. The van der Waals surface area contributed by atoms with Crippen molar-refractivity contribution in [1.82, 2.24) is 5.32 Å². The Morgan fingerprint density at radius 3 is 1.63 bits per heavy atom. The second kappa shape index (κ2) is 8.99. The van der Waals surface area contributed by atoms with Crippen LogP contribution in [0.1, 0.15) is 84.5 Å². The average molecular weight is 332 g/mol. The summed E-state index contributed by atoms with van der Waals surface area (Å²) in [6.45, 7) is 3.83. The Morgan fingerprint density at radius 1 is 0.895 bits per heavy atom. The number of alkyl halides is 1. The molecule has 0 unspecified atom stereocenters. The zero-order valence-corrected chi connectivity index (χ0v) is 14.2. The fourth-order valence-electron chi connectivity index (χ4n) is 2.66. The van der Waals surface area contributed by atoms with Gasteiger partial charge < -0.3 is 5.32 Å². The highest BCUT2D eigenvalue weighted by atomic mass is 79.9. The van der Waals surface area contributed by atoms with Gasteiger partial charge in [-0.05, 0) is 26.7 Å². The number of rotatable bonds is 2. The summed E-state index contributed by atoms with van der Waals surface area (Å²) in [5.74, 6) is 0.129. The maximum absolute atomic E-state index is 12.0. The maximum atomic E-state index is 12.0. The summed E-state index contributed by atoms with van der Waals surface area (Å²) in [5.41, 5.74) is 0. The Labute approximate surface area is 127 Å². The van der Waals surface area contributed by atoms with E-state index in [4.69, 9.17) is 0 Å². The van der Waals surface area contributed by atoms with Crippen molar-refractivity contribution < 1.29 is 4.79 Å². The number of amides is 1. The molecular formula is C16H30BrNO. The van der Waals surface area contributed by atoms with Crippen molar-refractivity contribution in [2.45, 2.75) is 94.8 Å². The van der Waals surface area contributed by atoms with E-state index in [1.165, 1.54) is 57.8 Å². The molecule has 1 saturated carbocycles. The summed E-state index contributed by atoms with van der Waals surface area (Å²) in [5, 5.41) is 3.22. The van der Waals surface area contributed by atoms with Crippen LogP contribution in [0.15, 0.2) is 0 Å². The van der Waals surface area contributed by atoms with Crippen molar-refractivity contribution in [2.24, 2.45) is 0 Å². The van der Waals surface area contributed by atoms with E-state index in [1.807, 2.05) is 13.8 Å². The van der Waals surface area contributed by atoms with Gasteiger partial charge in [-0.3, -0.25) is 4.79 Å². The quantitative estimate of drug-likeness (QED) is 0.712. The van der Waals surface area contributed by atoms with E-state index < -0.39 is 4.32 Å². The van der Waals surface area contributed by atoms with E-state index in [0.717, 1.165) is 12.8 Å². The molecule has 1 rings (SSSR count). The molecule has 1 amide bonds. The summed E-state index contributed by atoms with van der Waals surface area (Å²) >= 11 is 3.44. The Balaban J connectivity index is 2.40. The second-order valence-electron chi connectivity index (χ2n) is 6.40. The standard InChI is InChI=1S/C16H30BrNO/c1-16(2,17)15(19)18-14-12-10-8-6-4-3-5-7-9-11-13-14/h14H,3-13H2,1-2H3,(H,18,19). The van der Waals surface area contributed by atoms with Crippen molar-refractivity contribution in [2.75, 3.05) is 0 Å². The first-order chi connectivity index (χ1) is 9.00. The minimum atomic E-state index is -0.448. The van der Waals surface area contributed by atoms with Gasteiger partial charge in [-0.1, -0.05) is 73.7 Å². The lowest BCUT2D eigenvalue weighted by molar-refractivity contribution is -0.123. The first-order valence-corrected chi connectivity index (χ1v) is 8.79. The van der Waals surface area contributed by atoms with Crippen LogP contribution in [0, 0.1) is 0 Å². The Morgan fingerprint density at radius 2 is 1.26 bits per heavy atom. The third-order valence-corrected chi connectivity index (χ3v) is 4.34. The molecule has 2 nitrogen and oxygen atoms in total. The minimum absolute atomic E-state index is 0.129. The molecule has 0 aromatic carbocycles. The van der Waals surface area contributed by atoms with Crippen LogP contribution in [-0.4, -0.2) is 16.3 Å². The average Bonchev–Trinajstić information content (AvgIpc) is 2.31. The van der Waals surface area contributed by atoms with Gasteiger partial charge in [0.25, 0.3) is 0 Å². The molecule has 0 spiro atoms. The van der Waals surface area contributed by atoms with E-state index >= 15 is 0 Å². The molecule has 112 valence electrons. The summed E-state index contributed by atoms with van der Waals surface area (Å²) < 4.78 is -0.448. The van der Waals surface area contributed by atoms with Gasteiger partial charge in [-0.15, -0.1) is 0 Å². The summed E-state index contributed by atoms with van der Waals surface area (Å²) in [7, 11) is 0. The summed E-state index contributed by atoms with van der Waals surface area (Å²) in [4.78, 5) is 12.0. The monoisotopic (exact) mass is 331 g/mol. The lowest BCUT2D eigenvalue weighted by atomic mass is 9.97. The molecule has 1 aliphatic carbocycles. The van der Waals surface area contributed by atoms with Gasteiger partial charge in [0.2, 0.25) is 5.91 Å². The minimum Gasteiger partial charge on any atom is -0.352 e. The summed E-state index contributed by atoms with van der Waals surface area (Å²) in [6, 6.07) is 0.378. The Kier molecular flexibility index (Phi) is 8.05. The SMILES string of the molecule is CC(C)(Br)C(=O)NC1CCCCCCCCCCC1. The number of carbonyl (C=O) groups is 1. The topological polar surface area (TPSA) is 29.1 Å². The van der Waals surface area contributed by atoms with Gasteiger partial charge in [0.15, 0.2) is 0 Å². The van der Waals surface area contributed by atoms with Crippen LogP contribution in [0.3, 0.4) is 0 Å². The molecule has 3 heteroatoms. The highest BCUT2D eigenvalue weighted by molar-refractivity contribution is 9.10. The van der Waals surface area contributed by atoms with E-state index in [-0.39, 0.29) is 5.91 Å². The van der Waals surface area contributed by atoms with Crippen LogP contribution < -0.4 is 5.32 Å². The molecule has 1 N–H and O–H groups in total. The van der Waals surface area contributed by atoms with E-state index in [1.54, 1.807) is 0 Å². The zero-order valence-electron chi connectivity index (χ0n) is 12.6. The van der Waals surface area contributed by atoms with Crippen molar-refractivity contribution in [3.63, 3.8) is 0 Å². The Hall–Kier alpha value is -0.0500. The number of halogens is 1. The van der Waals surface area contributed by atoms with Gasteiger partial charge in [0.05, 0.1) is 4.32 Å². The number of nitrogens with one attached hydrogen (secondary N) is 1. The van der Waals surface area contributed by atoms with Gasteiger partial charge in [0, 0.05) is 6.04 Å². The third kappa shape index (κ3) is 7.96. The predicted octanol–water partition coefficient (Wildman–Crippen LogP) is 4.95. The van der Waals surface area contributed by atoms with E-state index in [9.17, 15) is 4.79 Å². The summed E-state index contributed by atoms with van der Waals surface area (Å²) in [6.07, 6.45) is 14.4. The zero-order chi connectivity index (χ0) is 14.1. The first kappa shape index (κ1) is 17.0. The fraction of sp³-hybridized carbons (Fsp3) is 0.938. The van der Waals surface area contributed by atoms with Gasteiger partial charge >= 0.3 is 0 Å². The van der Waals surface area contributed by atoms with Gasteiger partial charge in [-0.2, -0.15) is 0 Å². The third-order valence-electron chi connectivity index (χ3n) is 3.98. The molecule has 0 bridgehead atoms. The second-order valence-corrected chi connectivity index (χ2v) is 8.38. The van der Waals surface area contributed by atoms with E-state index in [2.05, 4.69) is 21.2 Å². The first-order valence-electron chi connectivity index (χ1n) is 8.00. The number of carbonyl (C=O) groups excluding carboxylic acids is 1. The largest absolute Gasteiger partial charge is 0.352 e. The van der Waals surface area contributed by atoms with E-state index in [0.29, 0.717) is 6.04 Å². The molecule has 0 aromatic heterocycles. The van der Waals surface area contributed by atoms with Crippen LogP contribution in [-0.2, 0) is 4.79 Å². The molecular weight excluding hydrogens is 302 g/mol. The molecule has 1 fully saturated rings. The molecule has 1 aliphatic rings. The lowest BCUT2D eigenvalue weighted by Crippen LogP contribution is -2.43. The smallest absolute Gasteiger partial charge is 0.236 e. The maximum Gasteiger partial charge on any atom is 0.236 e.